The SMILES string of the molecule is COc1cccc2c1CCC2NCc1cnn(CC(F)F)c1. The maximum atomic E-state index is 12.3. The molecule has 6 heteroatoms. The minimum absolute atomic E-state index is 0.267. The normalized spacial score (nSPS) is 17.0. The van der Waals surface area contributed by atoms with E-state index in [1.54, 1.807) is 19.5 Å². The molecule has 0 radical (unpaired) electrons. The van der Waals surface area contributed by atoms with Crippen LogP contribution in [0.25, 0.3) is 0 Å². The molecule has 0 bridgehead atoms. The van der Waals surface area contributed by atoms with E-state index in [0.717, 1.165) is 24.2 Å². The number of nitrogens with zero attached hydrogens (tertiary/aromatic N) is 2. The Morgan fingerprint density at radius 2 is 2.32 bits per heavy atom. The van der Waals surface area contributed by atoms with Crippen molar-refractivity contribution in [2.45, 2.75) is 38.4 Å². The molecule has 0 fully saturated rings. The highest BCUT2D eigenvalue weighted by Crippen LogP contribution is 2.36. The minimum Gasteiger partial charge on any atom is -0.496 e. The molecule has 1 aliphatic rings. The first-order valence-electron chi connectivity index (χ1n) is 7.36. The van der Waals surface area contributed by atoms with Gasteiger partial charge in [-0.25, -0.2) is 8.78 Å². The topological polar surface area (TPSA) is 39.1 Å². The summed E-state index contributed by atoms with van der Waals surface area (Å²) in [5.41, 5.74) is 3.44. The van der Waals surface area contributed by atoms with E-state index in [1.165, 1.54) is 15.8 Å². The number of methoxy groups -OCH3 is 1. The van der Waals surface area contributed by atoms with Crippen LogP contribution in [-0.2, 0) is 19.5 Å². The highest BCUT2D eigenvalue weighted by molar-refractivity contribution is 5.45. The van der Waals surface area contributed by atoms with Gasteiger partial charge in [0.1, 0.15) is 12.3 Å². The molecule has 1 aromatic heterocycles. The number of ether oxygens (including phenoxy) is 1. The van der Waals surface area contributed by atoms with Crippen molar-refractivity contribution < 1.29 is 13.5 Å². The zero-order valence-electron chi connectivity index (χ0n) is 12.4. The first-order valence-corrected chi connectivity index (χ1v) is 7.36. The monoisotopic (exact) mass is 307 g/mol. The molecule has 1 unspecified atom stereocenters. The summed E-state index contributed by atoms with van der Waals surface area (Å²) < 4.78 is 31.3. The summed E-state index contributed by atoms with van der Waals surface area (Å²) in [6.07, 6.45) is 2.93. The van der Waals surface area contributed by atoms with E-state index in [0.29, 0.717) is 6.54 Å². The van der Waals surface area contributed by atoms with Crippen LogP contribution in [0, 0.1) is 0 Å². The van der Waals surface area contributed by atoms with Gasteiger partial charge in [0.2, 0.25) is 0 Å². The lowest BCUT2D eigenvalue weighted by molar-refractivity contribution is 0.122. The highest BCUT2D eigenvalue weighted by atomic mass is 19.3. The van der Waals surface area contributed by atoms with Crippen molar-refractivity contribution in [3.8, 4) is 5.75 Å². The molecule has 118 valence electrons. The summed E-state index contributed by atoms with van der Waals surface area (Å²) in [5, 5.41) is 7.43. The molecule has 0 saturated heterocycles. The number of aromatic nitrogens is 2. The van der Waals surface area contributed by atoms with Crippen molar-refractivity contribution in [3.05, 3.63) is 47.3 Å². The Morgan fingerprint density at radius 3 is 3.09 bits per heavy atom. The molecule has 0 amide bonds. The third kappa shape index (κ3) is 3.11. The van der Waals surface area contributed by atoms with Gasteiger partial charge in [0.15, 0.2) is 0 Å². The number of nitrogens with one attached hydrogen (secondary N) is 1. The first-order chi connectivity index (χ1) is 10.7. The van der Waals surface area contributed by atoms with Gasteiger partial charge >= 0.3 is 0 Å². The summed E-state index contributed by atoms with van der Waals surface area (Å²) in [5.74, 6) is 0.937. The van der Waals surface area contributed by atoms with Gasteiger partial charge < -0.3 is 10.1 Å². The van der Waals surface area contributed by atoms with Crippen molar-refractivity contribution >= 4 is 0 Å². The Hall–Kier alpha value is -1.95. The molecule has 4 nitrogen and oxygen atoms in total. The largest absolute Gasteiger partial charge is 0.496 e. The van der Waals surface area contributed by atoms with Crippen molar-refractivity contribution in [2.24, 2.45) is 0 Å². The van der Waals surface area contributed by atoms with E-state index in [2.05, 4.69) is 16.5 Å². The van der Waals surface area contributed by atoms with Crippen LogP contribution in [0.1, 0.15) is 29.2 Å². The number of rotatable bonds is 6. The van der Waals surface area contributed by atoms with Gasteiger partial charge in [-0.3, -0.25) is 4.68 Å². The third-order valence-electron chi connectivity index (χ3n) is 4.01. The Labute approximate surface area is 128 Å². The summed E-state index contributed by atoms with van der Waals surface area (Å²) in [6, 6.07) is 6.36. The summed E-state index contributed by atoms with van der Waals surface area (Å²) in [7, 11) is 1.69. The van der Waals surface area contributed by atoms with Crippen LogP contribution in [0.2, 0.25) is 0 Å². The highest BCUT2D eigenvalue weighted by Gasteiger charge is 2.24. The fourth-order valence-corrected chi connectivity index (χ4v) is 3.00. The van der Waals surface area contributed by atoms with Crippen molar-refractivity contribution in [3.63, 3.8) is 0 Å². The molecular formula is C16H19F2N3O. The second-order valence-electron chi connectivity index (χ2n) is 5.46. The summed E-state index contributed by atoms with van der Waals surface area (Å²) in [6.45, 7) is 0.258. The second kappa shape index (κ2) is 6.44. The molecule has 1 atom stereocenters. The number of hydrogen-bond acceptors (Lipinski definition) is 3. The number of fused-ring (bicyclic) bond motifs is 1. The van der Waals surface area contributed by atoms with E-state index in [4.69, 9.17) is 4.74 Å². The van der Waals surface area contributed by atoms with Gasteiger partial charge in [0.25, 0.3) is 6.43 Å². The summed E-state index contributed by atoms with van der Waals surface area (Å²) in [4.78, 5) is 0. The Bertz CT molecular complexity index is 642. The smallest absolute Gasteiger partial charge is 0.257 e. The lowest BCUT2D eigenvalue weighted by atomic mass is 10.1. The van der Waals surface area contributed by atoms with Gasteiger partial charge in [-0.05, 0) is 30.0 Å². The fourth-order valence-electron chi connectivity index (χ4n) is 3.00. The van der Waals surface area contributed by atoms with E-state index < -0.39 is 6.43 Å². The number of benzene rings is 1. The van der Waals surface area contributed by atoms with Crippen molar-refractivity contribution in [2.75, 3.05) is 7.11 Å². The zero-order valence-corrected chi connectivity index (χ0v) is 12.4. The zero-order chi connectivity index (χ0) is 15.5. The van der Waals surface area contributed by atoms with Crippen LogP contribution in [0.3, 0.4) is 0 Å². The molecule has 0 saturated carbocycles. The summed E-state index contributed by atoms with van der Waals surface area (Å²) >= 11 is 0. The molecule has 0 spiro atoms. The molecule has 2 aromatic rings. The molecule has 3 rings (SSSR count). The number of halogens is 2. The molecular weight excluding hydrogens is 288 g/mol. The average Bonchev–Trinajstić information content (AvgIpc) is 3.10. The lowest BCUT2D eigenvalue weighted by Gasteiger charge is -2.14. The van der Waals surface area contributed by atoms with Gasteiger partial charge in [0.05, 0.1) is 13.3 Å². The molecule has 1 heterocycles. The predicted molar refractivity (Wildman–Crippen MR) is 79.1 cm³/mol. The van der Waals surface area contributed by atoms with E-state index in [-0.39, 0.29) is 12.6 Å². The van der Waals surface area contributed by atoms with E-state index >= 15 is 0 Å². The number of hydrogen-bond donors (Lipinski definition) is 1. The second-order valence-corrected chi connectivity index (χ2v) is 5.46. The quantitative estimate of drug-likeness (QED) is 0.892. The van der Waals surface area contributed by atoms with Crippen LogP contribution in [-0.4, -0.2) is 23.3 Å². The van der Waals surface area contributed by atoms with Crippen LogP contribution in [0.15, 0.2) is 30.6 Å². The first kappa shape index (κ1) is 15.0. The van der Waals surface area contributed by atoms with Crippen LogP contribution >= 0.6 is 0 Å². The lowest BCUT2D eigenvalue weighted by Crippen LogP contribution is -2.18. The third-order valence-corrected chi connectivity index (χ3v) is 4.01. The van der Waals surface area contributed by atoms with Crippen molar-refractivity contribution in [1.82, 2.24) is 15.1 Å². The van der Waals surface area contributed by atoms with Crippen molar-refractivity contribution in [1.29, 1.82) is 0 Å². The van der Waals surface area contributed by atoms with Crippen LogP contribution < -0.4 is 10.1 Å². The maximum absolute atomic E-state index is 12.3. The van der Waals surface area contributed by atoms with Gasteiger partial charge in [-0.2, -0.15) is 5.10 Å². The molecule has 0 aliphatic heterocycles. The molecule has 1 aromatic carbocycles. The minimum atomic E-state index is -2.38. The van der Waals surface area contributed by atoms with Gasteiger partial charge in [-0.1, -0.05) is 12.1 Å². The molecule has 1 N–H and O–H groups in total. The van der Waals surface area contributed by atoms with Gasteiger partial charge in [-0.15, -0.1) is 0 Å². The average molecular weight is 307 g/mol. The molecule has 1 aliphatic carbocycles. The Balaban J connectivity index is 1.63. The molecule has 22 heavy (non-hydrogen) atoms. The van der Waals surface area contributed by atoms with E-state index in [9.17, 15) is 8.78 Å². The maximum Gasteiger partial charge on any atom is 0.257 e. The Kier molecular flexibility index (Phi) is 4.38. The van der Waals surface area contributed by atoms with E-state index in [1.807, 2.05) is 12.1 Å². The standard InChI is InChI=1S/C16H19F2N3O/c1-22-15-4-2-3-12-13(15)5-6-14(12)19-7-11-8-20-21(9-11)10-16(17)18/h2-4,8-9,14,16,19H,5-7,10H2,1H3. The number of alkyl halides is 2. The predicted octanol–water partition coefficient (Wildman–Crippen LogP) is 2.93. The van der Waals surface area contributed by atoms with Crippen LogP contribution in [0.5, 0.6) is 5.75 Å². The Morgan fingerprint density at radius 1 is 1.45 bits per heavy atom. The fraction of sp³-hybridized carbons (Fsp3) is 0.438. The van der Waals surface area contributed by atoms with Gasteiger partial charge in [0, 0.05) is 24.3 Å². The van der Waals surface area contributed by atoms with Crippen LogP contribution in [0.4, 0.5) is 8.78 Å².